The Kier molecular flexibility index (Phi) is 4.18. The fourth-order valence-corrected chi connectivity index (χ4v) is 3.04. The van der Waals surface area contributed by atoms with E-state index in [2.05, 4.69) is 11.4 Å². The summed E-state index contributed by atoms with van der Waals surface area (Å²) in [6.07, 6.45) is 1.56. The van der Waals surface area contributed by atoms with Crippen LogP contribution >= 0.6 is 0 Å². The molecule has 0 spiro atoms. The van der Waals surface area contributed by atoms with Crippen LogP contribution in [-0.2, 0) is 11.2 Å². The van der Waals surface area contributed by atoms with Gasteiger partial charge in [0.05, 0.1) is 12.5 Å². The van der Waals surface area contributed by atoms with Crippen LogP contribution in [0, 0.1) is 11.8 Å². The van der Waals surface area contributed by atoms with Crippen molar-refractivity contribution in [2.24, 2.45) is 17.6 Å². The molecule has 1 fully saturated rings. The molecule has 1 aromatic carbocycles. The molecule has 0 unspecified atom stereocenters. The lowest BCUT2D eigenvalue weighted by Crippen LogP contribution is -2.43. The second-order valence-corrected chi connectivity index (χ2v) is 6.01. The van der Waals surface area contributed by atoms with E-state index in [4.69, 9.17) is 10.5 Å². The Balaban J connectivity index is 1.47. The van der Waals surface area contributed by atoms with Crippen LogP contribution in [0.3, 0.4) is 0 Å². The van der Waals surface area contributed by atoms with Crippen molar-refractivity contribution in [1.29, 1.82) is 0 Å². The van der Waals surface area contributed by atoms with Crippen LogP contribution in [0.1, 0.15) is 12.0 Å². The highest BCUT2D eigenvalue weighted by molar-refractivity contribution is 5.80. The van der Waals surface area contributed by atoms with Crippen molar-refractivity contribution in [2.45, 2.75) is 12.8 Å². The number of nitrogens with zero attached hydrogens (tertiary/aromatic N) is 1. The zero-order chi connectivity index (χ0) is 15.5. The molecule has 0 radical (unpaired) electrons. The molecule has 0 saturated carbocycles. The molecule has 1 saturated heterocycles. The summed E-state index contributed by atoms with van der Waals surface area (Å²) in [5, 5.41) is 2.94. The summed E-state index contributed by atoms with van der Waals surface area (Å²) >= 11 is 0. The largest absolute Gasteiger partial charge is 0.493 e. The monoisotopic (exact) mass is 303 g/mol. The highest BCUT2D eigenvalue weighted by Gasteiger charge is 2.30. The fourth-order valence-electron chi connectivity index (χ4n) is 3.04. The summed E-state index contributed by atoms with van der Waals surface area (Å²) in [4.78, 5) is 24.9. The van der Waals surface area contributed by atoms with Crippen molar-refractivity contribution >= 4 is 11.9 Å². The van der Waals surface area contributed by atoms with E-state index >= 15 is 0 Å². The summed E-state index contributed by atoms with van der Waals surface area (Å²) in [5.74, 6) is 0.672. The van der Waals surface area contributed by atoms with Crippen LogP contribution in [0.25, 0.3) is 0 Å². The van der Waals surface area contributed by atoms with Crippen LogP contribution in [0.5, 0.6) is 5.75 Å². The number of nitrogens with one attached hydrogen (secondary N) is 1. The second kappa shape index (κ2) is 6.25. The molecule has 3 N–H and O–H groups in total. The van der Waals surface area contributed by atoms with Gasteiger partial charge in [0.2, 0.25) is 5.91 Å². The minimum absolute atomic E-state index is 0.123. The summed E-state index contributed by atoms with van der Waals surface area (Å²) < 4.78 is 5.72. The number of ether oxygens (including phenoxy) is 1. The third-order valence-electron chi connectivity index (χ3n) is 4.38. The standard InChI is InChI=1S/C16H21N3O3/c17-15(20)13-5-6-19(9-13)16(21)18-8-11-7-12-3-1-2-4-14(12)22-10-11/h1-4,11,13H,5-10H2,(H2,17,20)(H,18,21)/t11-,13+/m1/s1. The Labute approximate surface area is 129 Å². The van der Waals surface area contributed by atoms with Crippen LogP contribution < -0.4 is 15.8 Å². The molecule has 2 heterocycles. The number of urea groups is 1. The predicted octanol–water partition coefficient (Wildman–Crippen LogP) is 0.754. The van der Waals surface area contributed by atoms with E-state index < -0.39 is 0 Å². The second-order valence-electron chi connectivity index (χ2n) is 6.01. The minimum atomic E-state index is -0.326. The van der Waals surface area contributed by atoms with E-state index in [1.54, 1.807) is 4.90 Å². The lowest BCUT2D eigenvalue weighted by Gasteiger charge is -2.26. The Morgan fingerprint density at radius 2 is 2.18 bits per heavy atom. The molecule has 0 aromatic heterocycles. The number of likely N-dealkylation sites (tertiary alicyclic amines) is 1. The molecule has 0 bridgehead atoms. The predicted molar refractivity (Wildman–Crippen MR) is 81.4 cm³/mol. The third-order valence-corrected chi connectivity index (χ3v) is 4.38. The number of nitrogens with two attached hydrogens (primary N) is 1. The van der Waals surface area contributed by atoms with Gasteiger partial charge in [0.25, 0.3) is 0 Å². The molecule has 22 heavy (non-hydrogen) atoms. The Morgan fingerprint density at radius 1 is 1.36 bits per heavy atom. The first-order valence-electron chi connectivity index (χ1n) is 7.66. The number of primary amides is 1. The zero-order valence-electron chi connectivity index (χ0n) is 12.5. The lowest BCUT2D eigenvalue weighted by atomic mass is 9.97. The number of carbonyl (C=O) groups excluding carboxylic acids is 2. The molecule has 2 aliphatic heterocycles. The molecule has 3 amide bonds. The topological polar surface area (TPSA) is 84.7 Å². The Morgan fingerprint density at radius 3 is 2.95 bits per heavy atom. The van der Waals surface area contributed by atoms with Crippen molar-refractivity contribution in [1.82, 2.24) is 10.2 Å². The lowest BCUT2D eigenvalue weighted by molar-refractivity contribution is -0.121. The molecule has 1 aromatic rings. The van der Waals surface area contributed by atoms with Crippen LogP contribution in [0.15, 0.2) is 24.3 Å². The molecule has 2 aliphatic rings. The molecular weight excluding hydrogens is 282 g/mol. The summed E-state index contributed by atoms with van der Waals surface area (Å²) in [6.45, 7) is 2.20. The number of benzene rings is 1. The van der Waals surface area contributed by atoms with Gasteiger partial charge >= 0.3 is 6.03 Å². The van der Waals surface area contributed by atoms with Gasteiger partial charge in [0, 0.05) is 25.6 Å². The maximum absolute atomic E-state index is 12.1. The number of rotatable bonds is 3. The summed E-state index contributed by atoms with van der Waals surface area (Å²) in [7, 11) is 0. The first-order chi connectivity index (χ1) is 10.6. The Hall–Kier alpha value is -2.24. The van der Waals surface area contributed by atoms with E-state index in [1.807, 2.05) is 18.2 Å². The summed E-state index contributed by atoms with van der Waals surface area (Å²) in [5.41, 5.74) is 6.47. The van der Waals surface area contributed by atoms with Crippen molar-refractivity contribution in [3.63, 3.8) is 0 Å². The number of hydrogen-bond acceptors (Lipinski definition) is 3. The van der Waals surface area contributed by atoms with Crippen molar-refractivity contribution < 1.29 is 14.3 Å². The molecule has 0 aliphatic carbocycles. The van der Waals surface area contributed by atoms with E-state index in [0.29, 0.717) is 32.7 Å². The molecule has 3 rings (SSSR count). The van der Waals surface area contributed by atoms with Gasteiger partial charge in [-0.05, 0) is 24.5 Å². The van der Waals surface area contributed by atoms with Gasteiger partial charge < -0.3 is 20.7 Å². The SMILES string of the molecule is NC(=O)[C@H]1CCN(C(=O)NC[C@@H]2COc3ccccc3C2)C1. The quantitative estimate of drug-likeness (QED) is 0.864. The van der Waals surface area contributed by atoms with E-state index in [1.165, 1.54) is 5.56 Å². The smallest absolute Gasteiger partial charge is 0.317 e. The highest BCUT2D eigenvalue weighted by atomic mass is 16.5. The molecule has 6 nitrogen and oxygen atoms in total. The van der Waals surface area contributed by atoms with Gasteiger partial charge in [-0.2, -0.15) is 0 Å². The molecule has 2 atom stereocenters. The van der Waals surface area contributed by atoms with Gasteiger partial charge in [0.15, 0.2) is 0 Å². The first-order valence-corrected chi connectivity index (χ1v) is 7.66. The summed E-state index contributed by atoms with van der Waals surface area (Å²) in [6, 6.07) is 7.86. The van der Waals surface area contributed by atoms with Gasteiger partial charge in [-0.1, -0.05) is 18.2 Å². The number of para-hydroxylation sites is 1. The van der Waals surface area contributed by atoms with Crippen molar-refractivity contribution in [3.05, 3.63) is 29.8 Å². The normalized spacial score (nSPS) is 23.5. The van der Waals surface area contributed by atoms with Gasteiger partial charge in [0.1, 0.15) is 5.75 Å². The average molecular weight is 303 g/mol. The van der Waals surface area contributed by atoms with Crippen LogP contribution in [0.2, 0.25) is 0 Å². The maximum atomic E-state index is 12.1. The van der Waals surface area contributed by atoms with Gasteiger partial charge in [-0.3, -0.25) is 4.79 Å². The van der Waals surface area contributed by atoms with Gasteiger partial charge in [-0.15, -0.1) is 0 Å². The molecule has 118 valence electrons. The van der Waals surface area contributed by atoms with Crippen LogP contribution in [-0.4, -0.2) is 43.1 Å². The highest BCUT2D eigenvalue weighted by Crippen LogP contribution is 2.26. The van der Waals surface area contributed by atoms with E-state index in [9.17, 15) is 9.59 Å². The van der Waals surface area contributed by atoms with Crippen molar-refractivity contribution in [2.75, 3.05) is 26.2 Å². The van der Waals surface area contributed by atoms with E-state index in [0.717, 1.165) is 12.2 Å². The van der Waals surface area contributed by atoms with Crippen LogP contribution in [0.4, 0.5) is 4.79 Å². The number of fused-ring (bicyclic) bond motifs is 1. The molecular formula is C16H21N3O3. The number of carbonyl (C=O) groups is 2. The number of amides is 3. The molecule has 6 heteroatoms. The van der Waals surface area contributed by atoms with Crippen molar-refractivity contribution in [3.8, 4) is 5.75 Å². The Bertz CT molecular complexity index is 576. The third kappa shape index (κ3) is 3.16. The van der Waals surface area contributed by atoms with E-state index in [-0.39, 0.29) is 23.8 Å². The first kappa shape index (κ1) is 14.7. The average Bonchev–Trinajstić information content (AvgIpc) is 3.03. The fraction of sp³-hybridized carbons (Fsp3) is 0.500. The maximum Gasteiger partial charge on any atom is 0.317 e. The zero-order valence-corrected chi connectivity index (χ0v) is 12.5. The minimum Gasteiger partial charge on any atom is -0.493 e. The van der Waals surface area contributed by atoms with Gasteiger partial charge in [-0.25, -0.2) is 4.79 Å². The number of hydrogen-bond donors (Lipinski definition) is 2.